The molecule has 0 aromatic heterocycles. The van der Waals surface area contributed by atoms with E-state index in [1.165, 1.54) is 0 Å². The number of allylic oxidation sites excluding steroid dienone is 2. The fourth-order valence-corrected chi connectivity index (χ4v) is 1.21. The van der Waals surface area contributed by atoms with Crippen LogP contribution >= 0.6 is 0 Å². The second-order valence-electron chi connectivity index (χ2n) is 2.52. The number of carbonyl (C=O) groups excluding carboxylic acids is 1. The van der Waals surface area contributed by atoms with Gasteiger partial charge >= 0.3 is 0 Å². The highest BCUT2D eigenvalue weighted by Crippen LogP contribution is 2.23. The van der Waals surface area contributed by atoms with Gasteiger partial charge in [0, 0.05) is 12.0 Å². The molecule has 0 bridgehead atoms. The smallest absolute Gasteiger partial charge is 0.162 e. The van der Waals surface area contributed by atoms with Gasteiger partial charge in [0.1, 0.15) is 0 Å². The highest BCUT2D eigenvalue weighted by atomic mass is 16.5. The van der Waals surface area contributed by atoms with Crippen molar-refractivity contribution in [2.75, 3.05) is 7.11 Å². The quantitative estimate of drug-likeness (QED) is 0.409. The van der Waals surface area contributed by atoms with E-state index >= 15 is 0 Å². The summed E-state index contributed by atoms with van der Waals surface area (Å²) in [4.78, 5) is 11.0. The Bertz CT molecular complexity index is 180. The molecule has 1 rings (SSSR count). The molecule has 0 spiro atoms. The summed E-state index contributed by atoms with van der Waals surface area (Å²) in [6.45, 7) is 1.85. The van der Waals surface area contributed by atoms with Crippen LogP contribution in [0.25, 0.3) is 0 Å². The van der Waals surface area contributed by atoms with Crippen molar-refractivity contribution in [2.45, 2.75) is 26.2 Å². The lowest BCUT2D eigenvalue weighted by atomic mass is 10.2. The largest absolute Gasteiger partial charge is 0.501 e. The first-order chi connectivity index (χ1) is 4.75. The molecule has 2 heteroatoms. The highest BCUT2D eigenvalue weighted by molar-refractivity contribution is 5.97. The summed E-state index contributed by atoms with van der Waals surface area (Å²) in [5.74, 6) is 1.06. The molecule has 0 amide bonds. The lowest BCUT2D eigenvalue weighted by Crippen LogP contribution is -1.96. The van der Waals surface area contributed by atoms with Crippen molar-refractivity contribution in [1.29, 1.82) is 0 Å². The Morgan fingerprint density at radius 1 is 1.50 bits per heavy atom. The molecule has 1 saturated carbocycles. The summed E-state index contributed by atoms with van der Waals surface area (Å²) in [6, 6.07) is 0. The maximum atomic E-state index is 11.0. The molecule has 0 aromatic carbocycles. The lowest BCUT2D eigenvalue weighted by molar-refractivity contribution is -0.114. The van der Waals surface area contributed by atoms with Gasteiger partial charge in [-0.3, -0.25) is 4.79 Å². The van der Waals surface area contributed by atoms with E-state index in [0.29, 0.717) is 6.42 Å². The van der Waals surface area contributed by atoms with Crippen molar-refractivity contribution in [2.24, 2.45) is 0 Å². The van der Waals surface area contributed by atoms with Crippen molar-refractivity contribution >= 4 is 5.78 Å². The predicted molar refractivity (Wildman–Crippen MR) is 38.6 cm³/mol. The van der Waals surface area contributed by atoms with Gasteiger partial charge in [-0.2, -0.15) is 0 Å². The van der Waals surface area contributed by atoms with Crippen molar-refractivity contribution in [3.63, 3.8) is 0 Å². The van der Waals surface area contributed by atoms with Crippen molar-refractivity contribution in [3.05, 3.63) is 11.3 Å². The number of rotatable bonds is 1. The van der Waals surface area contributed by atoms with Crippen LogP contribution in [-0.4, -0.2) is 12.9 Å². The number of Topliss-reactive ketones (excluding diaryl/α,β-unsaturated/α-hetero) is 1. The molecule has 0 saturated heterocycles. The molecule has 0 aromatic rings. The van der Waals surface area contributed by atoms with Gasteiger partial charge in [-0.25, -0.2) is 0 Å². The van der Waals surface area contributed by atoms with E-state index in [9.17, 15) is 4.79 Å². The van der Waals surface area contributed by atoms with Gasteiger partial charge in [-0.05, 0) is 19.8 Å². The summed E-state index contributed by atoms with van der Waals surface area (Å²) >= 11 is 0. The minimum absolute atomic E-state index is 0.263. The molecule has 0 N–H and O–H groups in total. The minimum Gasteiger partial charge on any atom is -0.501 e. The van der Waals surface area contributed by atoms with Crippen LogP contribution in [0.2, 0.25) is 0 Å². The molecule has 1 aliphatic carbocycles. The molecule has 0 unspecified atom stereocenters. The molecule has 56 valence electrons. The number of hydrogen-bond acceptors (Lipinski definition) is 2. The number of ether oxygens (including phenoxy) is 1. The van der Waals surface area contributed by atoms with Crippen LogP contribution in [0.4, 0.5) is 0 Å². The summed E-state index contributed by atoms with van der Waals surface area (Å²) in [5, 5.41) is 0. The second-order valence-corrected chi connectivity index (χ2v) is 2.52. The summed E-state index contributed by atoms with van der Waals surface area (Å²) in [7, 11) is 1.61. The summed E-state index contributed by atoms with van der Waals surface area (Å²) < 4.78 is 4.96. The van der Waals surface area contributed by atoms with Gasteiger partial charge in [0.05, 0.1) is 12.9 Å². The van der Waals surface area contributed by atoms with Gasteiger partial charge < -0.3 is 4.74 Å². The molecule has 0 atom stereocenters. The van der Waals surface area contributed by atoms with Crippen LogP contribution in [0, 0.1) is 0 Å². The van der Waals surface area contributed by atoms with Crippen LogP contribution in [0.3, 0.4) is 0 Å². The first-order valence-electron chi connectivity index (χ1n) is 3.52. The zero-order valence-corrected chi connectivity index (χ0v) is 6.44. The van der Waals surface area contributed by atoms with Crippen molar-refractivity contribution < 1.29 is 9.53 Å². The van der Waals surface area contributed by atoms with E-state index in [1.807, 2.05) is 6.92 Å². The lowest BCUT2D eigenvalue weighted by Gasteiger charge is -2.01. The van der Waals surface area contributed by atoms with Crippen LogP contribution in [0.5, 0.6) is 0 Å². The van der Waals surface area contributed by atoms with Gasteiger partial charge in [0.25, 0.3) is 0 Å². The third kappa shape index (κ3) is 1.20. The predicted octanol–water partition coefficient (Wildman–Crippen LogP) is 1.66. The maximum Gasteiger partial charge on any atom is 0.162 e. The Kier molecular flexibility index (Phi) is 2.10. The highest BCUT2D eigenvalue weighted by Gasteiger charge is 2.19. The van der Waals surface area contributed by atoms with Crippen LogP contribution in [0.15, 0.2) is 11.3 Å². The van der Waals surface area contributed by atoms with E-state index in [-0.39, 0.29) is 5.78 Å². The standard InChI is InChI=1S/C8H12O2/c1-6(10-2)7-4-3-5-8(7)9/h3-5H2,1-2H3/b7-6+. The third-order valence-corrected chi connectivity index (χ3v) is 1.90. The summed E-state index contributed by atoms with van der Waals surface area (Å²) in [6.07, 6.45) is 2.60. The first-order valence-corrected chi connectivity index (χ1v) is 3.52. The van der Waals surface area contributed by atoms with Gasteiger partial charge in [0.15, 0.2) is 5.78 Å². The Labute approximate surface area is 60.9 Å². The molecule has 2 nitrogen and oxygen atoms in total. The molecular formula is C8H12O2. The van der Waals surface area contributed by atoms with Crippen LogP contribution in [0.1, 0.15) is 26.2 Å². The number of methoxy groups -OCH3 is 1. The molecule has 0 heterocycles. The minimum atomic E-state index is 0.263. The van der Waals surface area contributed by atoms with Gasteiger partial charge in [-0.1, -0.05) is 0 Å². The van der Waals surface area contributed by atoms with E-state index in [0.717, 1.165) is 24.2 Å². The molecule has 1 fully saturated rings. The fourth-order valence-electron chi connectivity index (χ4n) is 1.21. The van der Waals surface area contributed by atoms with Crippen molar-refractivity contribution in [1.82, 2.24) is 0 Å². The zero-order chi connectivity index (χ0) is 7.56. The number of hydrogen-bond donors (Lipinski definition) is 0. The van der Waals surface area contributed by atoms with E-state index in [2.05, 4.69) is 0 Å². The molecule has 1 aliphatic rings. The molecule has 10 heavy (non-hydrogen) atoms. The van der Waals surface area contributed by atoms with Crippen LogP contribution in [-0.2, 0) is 9.53 Å². The number of carbonyl (C=O) groups is 1. The van der Waals surface area contributed by atoms with E-state index in [1.54, 1.807) is 7.11 Å². The Morgan fingerprint density at radius 3 is 2.60 bits per heavy atom. The first kappa shape index (κ1) is 7.32. The van der Waals surface area contributed by atoms with Gasteiger partial charge in [0.2, 0.25) is 0 Å². The maximum absolute atomic E-state index is 11.0. The van der Waals surface area contributed by atoms with Crippen molar-refractivity contribution in [3.8, 4) is 0 Å². The SMILES string of the molecule is CO/C(C)=C1\CCCC1=O. The Hall–Kier alpha value is -0.790. The van der Waals surface area contributed by atoms with Crippen LogP contribution < -0.4 is 0 Å². The Balaban J connectivity index is 2.79. The van der Waals surface area contributed by atoms with E-state index in [4.69, 9.17) is 4.74 Å². The average Bonchev–Trinajstić information content (AvgIpc) is 2.34. The normalized spacial score (nSPS) is 23.2. The molecular weight excluding hydrogens is 128 g/mol. The number of ketones is 1. The zero-order valence-electron chi connectivity index (χ0n) is 6.44. The monoisotopic (exact) mass is 140 g/mol. The fraction of sp³-hybridized carbons (Fsp3) is 0.625. The second kappa shape index (κ2) is 2.86. The average molecular weight is 140 g/mol. The molecule has 0 aliphatic heterocycles. The van der Waals surface area contributed by atoms with Gasteiger partial charge in [-0.15, -0.1) is 0 Å². The summed E-state index contributed by atoms with van der Waals surface area (Å²) in [5.41, 5.74) is 0.891. The Morgan fingerprint density at radius 2 is 2.20 bits per heavy atom. The topological polar surface area (TPSA) is 26.3 Å². The van der Waals surface area contributed by atoms with E-state index < -0.39 is 0 Å². The third-order valence-electron chi connectivity index (χ3n) is 1.90. The molecule has 0 radical (unpaired) electrons.